The summed E-state index contributed by atoms with van der Waals surface area (Å²) in [7, 11) is 0. The zero-order chi connectivity index (χ0) is 11.1. The summed E-state index contributed by atoms with van der Waals surface area (Å²) in [4.78, 5) is 0. The van der Waals surface area contributed by atoms with Crippen LogP contribution in [0.2, 0.25) is 0 Å². The summed E-state index contributed by atoms with van der Waals surface area (Å²) in [5, 5.41) is 6.74. The van der Waals surface area contributed by atoms with Crippen LogP contribution in [-0.4, -0.2) is 51.6 Å². The Balaban J connectivity index is 1.42. The molecule has 2 aliphatic rings. The van der Waals surface area contributed by atoms with E-state index >= 15 is 0 Å². The third-order valence-electron chi connectivity index (χ3n) is 3.31. The zero-order valence-electron chi connectivity index (χ0n) is 10.0. The first kappa shape index (κ1) is 12.3. The third kappa shape index (κ3) is 4.37. The maximum atomic E-state index is 5.80. The van der Waals surface area contributed by atoms with Crippen LogP contribution in [0.4, 0.5) is 0 Å². The smallest absolute Gasteiger partial charge is 0.0700 e. The lowest BCUT2D eigenvalue weighted by molar-refractivity contribution is 0.0329. The molecule has 0 radical (unpaired) electrons. The van der Waals surface area contributed by atoms with E-state index in [1.807, 2.05) is 0 Å². The normalized spacial score (nSPS) is 27.4. The fourth-order valence-electron chi connectivity index (χ4n) is 2.33. The van der Waals surface area contributed by atoms with Crippen molar-refractivity contribution in [3.63, 3.8) is 0 Å². The molecular formula is C12H24N2O2. The number of nitrogens with one attached hydrogen (secondary N) is 2. The Labute approximate surface area is 98.1 Å². The highest BCUT2D eigenvalue weighted by molar-refractivity contribution is 4.69. The molecule has 4 nitrogen and oxygen atoms in total. The summed E-state index contributed by atoms with van der Waals surface area (Å²) in [6, 6.07) is 0. The van der Waals surface area contributed by atoms with Crippen molar-refractivity contribution in [2.75, 3.05) is 39.4 Å². The summed E-state index contributed by atoms with van der Waals surface area (Å²) in [5.41, 5.74) is 0. The van der Waals surface area contributed by atoms with Gasteiger partial charge >= 0.3 is 0 Å². The molecule has 0 amide bonds. The van der Waals surface area contributed by atoms with Gasteiger partial charge in [0.15, 0.2) is 0 Å². The molecule has 16 heavy (non-hydrogen) atoms. The molecule has 94 valence electrons. The summed E-state index contributed by atoms with van der Waals surface area (Å²) in [5.74, 6) is 0. The molecule has 0 aliphatic carbocycles. The van der Waals surface area contributed by atoms with Crippen molar-refractivity contribution in [1.29, 1.82) is 0 Å². The van der Waals surface area contributed by atoms with Crippen LogP contribution in [0.3, 0.4) is 0 Å². The molecule has 0 aromatic rings. The first-order valence-corrected chi connectivity index (χ1v) is 6.60. The third-order valence-corrected chi connectivity index (χ3v) is 3.31. The van der Waals surface area contributed by atoms with Gasteiger partial charge < -0.3 is 20.1 Å². The van der Waals surface area contributed by atoms with E-state index in [0.717, 1.165) is 52.2 Å². The van der Waals surface area contributed by atoms with Crippen LogP contribution in [0.15, 0.2) is 0 Å². The maximum Gasteiger partial charge on any atom is 0.0700 e. The minimum Gasteiger partial charge on any atom is -0.377 e. The van der Waals surface area contributed by atoms with E-state index in [-0.39, 0.29) is 0 Å². The molecule has 2 heterocycles. The van der Waals surface area contributed by atoms with Crippen molar-refractivity contribution in [2.45, 2.75) is 37.9 Å². The molecule has 2 aliphatic heterocycles. The van der Waals surface area contributed by atoms with Crippen LogP contribution in [0.1, 0.15) is 25.7 Å². The van der Waals surface area contributed by atoms with E-state index in [1.165, 1.54) is 12.8 Å². The highest BCUT2D eigenvalue weighted by Crippen LogP contribution is 2.10. The molecule has 2 saturated heterocycles. The number of rotatable bonds is 6. The van der Waals surface area contributed by atoms with E-state index in [2.05, 4.69) is 10.6 Å². The minimum atomic E-state index is 0.443. The first-order valence-electron chi connectivity index (χ1n) is 6.60. The quantitative estimate of drug-likeness (QED) is 0.651. The Morgan fingerprint density at radius 1 is 1.25 bits per heavy atom. The van der Waals surface area contributed by atoms with Gasteiger partial charge in [-0.2, -0.15) is 0 Å². The van der Waals surface area contributed by atoms with Crippen molar-refractivity contribution >= 4 is 0 Å². The minimum absolute atomic E-state index is 0.443. The Bertz CT molecular complexity index is 178. The van der Waals surface area contributed by atoms with Crippen LogP contribution in [0, 0.1) is 0 Å². The van der Waals surface area contributed by atoms with Gasteiger partial charge in [-0.25, -0.2) is 0 Å². The van der Waals surface area contributed by atoms with E-state index < -0.39 is 0 Å². The van der Waals surface area contributed by atoms with Gasteiger partial charge in [0.25, 0.3) is 0 Å². The topological polar surface area (TPSA) is 42.5 Å². The van der Waals surface area contributed by atoms with Crippen LogP contribution in [0.25, 0.3) is 0 Å². The van der Waals surface area contributed by atoms with Crippen LogP contribution in [-0.2, 0) is 9.47 Å². The molecule has 0 spiro atoms. The van der Waals surface area contributed by atoms with E-state index in [0.29, 0.717) is 12.2 Å². The molecule has 0 aromatic carbocycles. The largest absolute Gasteiger partial charge is 0.377 e. The Hall–Kier alpha value is -0.160. The molecule has 0 saturated carbocycles. The molecule has 2 N–H and O–H groups in total. The van der Waals surface area contributed by atoms with Crippen molar-refractivity contribution in [2.24, 2.45) is 0 Å². The number of hydrogen-bond donors (Lipinski definition) is 2. The number of hydrogen-bond acceptors (Lipinski definition) is 4. The summed E-state index contributed by atoms with van der Waals surface area (Å²) >= 11 is 0. The Morgan fingerprint density at radius 3 is 2.88 bits per heavy atom. The van der Waals surface area contributed by atoms with Crippen molar-refractivity contribution < 1.29 is 9.47 Å². The monoisotopic (exact) mass is 228 g/mol. The number of piperidine rings is 1. The molecule has 0 aromatic heterocycles. The van der Waals surface area contributed by atoms with Gasteiger partial charge in [-0.15, -0.1) is 0 Å². The lowest BCUT2D eigenvalue weighted by Crippen LogP contribution is -2.35. The molecule has 0 bridgehead atoms. The average molecular weight is 228 g/mol. The maximum absolute atomic E-state index is 5.80. The van der Waals surface area contributed by atoms with E-state index in [4.69, 9.17) is 9.47 Å². The second-order valence-corrected chi connectivity index (χ2v) is 4.66. The molecular weight excluding hydrogens is 204 g/mol. The van der Waals surface area contributed by atoms with E-state index in [9.17, 15) is 0 Å². The van der Waals surface area contributed by atoms with Crippen LogP contribution >= 0.6 is 0 Å². The van der Waals surface area contributed by atoms with Gasteiger partial charge in [-0.1, -0.05) is 0 Å². The highest BCUT2D eigenvalue weighted by atomic mass is 16.5. The predicted molar refractivity (Wildman–Crippen MR) is 63.7 cm³/mol. The van der Waals surface area contributed by atoms with Gasteiger partial charge in [-0.05, 0) is 38.8 Å². The first-order chi connectivity index (χ1) is 7.95. The van der Waals surface area contributed by atoms with Gasteiger partial charge in [0.2, 0.25) is 0 Å². The number of ether oxygens (including phenoxy) is 2. The fraction of sp³-hybridized carbons (Fsp3) is 1.00. The van der Waals surface area contributed by atoms with Gasteiger partial charge in [0, 0.05) is 19.7 Å². The Morgan fingerprint density at radius 2 is 2.12 bits per heavy atom. The molecule has 1 atom stereocenters. The van der Waals surface area contributed by atoms with Gasteiger partial charge in [0.05, 0.1) is 18.8 Å². The molecule has 4 heteroatoms. The van der Waals surface area contributed by atoms with Crippen molar-refractivity contribution in [1.82, 2.24) is 10.6 Å². The zero-order valence-corrected chi connectivity index (χ0v) is 10.0. The molecule has 1 unspecified atom stereocenters. The SMILES string of the molecule is C1COC(CNCCOC2CCNCC2)C1. The molecule has 2 fully saturated rings. The van der Waals surface area contributed by atoms with Crippen LogP contribution in [0.5, 0.6) is 0 Å². The lowest BCUT2D eigenvalue weighted by Gasteiger charge is -2.23. The Kier molecular flexibility index (Phi) is 5.55. The molecule has 2 rings (SSSR count). The van der Waals surface area contributed by atoms with Crippen LogP contribution < -0.4 is 10.6 Å². The van der Waals surface area contributed by atoms with Crippen molar-refractivity contribution in [3.05, 3.63) is 0 Å². The van der Waals surface area contributed by atoms with Gasteiger partial charge in [-0.3, -0.25) is 0 Å². The second-order valence-electron chi connectivity index (χ2n) is 4.66. The predicted octanol–water partition coefficient (Wildman–Crippen LogP) is 0.524. The van der Waals surface area contributed by atoms with Crippen molar-refractivity contribution in [3.8, 4) is 0 Å². The standard InChI is InChI=1S/C12H24N2O2/c1-2-12(15-8-1)10-14-7-9-16-11-3-5-13-6-4-11/h11-14H,1-10H2. The average Bonchev–Trinajstić information content (AvgIpc) is 2.83. The fourth-order valence-corrected chi connectivity index (χ4v) is 2.33. The second kappa shape index (κ2) is 7.22. The summed E-state index contributed by atoms with van der Waals surface area (Å²) in [6.45, 7) is 5.91. The summed E-state index contributed by atoms with van der Waals surface area (Å²) < 4.78 is 11.3. The van der Waals surface area contributed by atoms with E-state index in [1.54, 1.807) is 0 Å². The highest BCUT2D eigenvalue weighted by Gasteiger charge is 2.15. The van der Waals surface area contributed by atoms with Gasteiger partial charge in [0.1, 0.15) is 0 Å². The summed E-state index contributed by atoms with van der Waals surface area (Å²) in [6.07, 6.45) is 5.67. The lowest BCUT2D eigenvalue weighted by atomic mass is 10.1.